The molecule has 5 rings (SSSR count). The highest BCUT2D eigenvalue weighted by Crippen LogP contribution is 2.37. The molecule has 1 atom stereocenters. The van der Waals surface area contributed by atoms with E-state index in [1.807, 2.05) is 0 Å². The Labute approximate surface area is 218 Å². The molecule has 2 aliphatic heterocycles. The minimum absolute atomic E-state index is 0.0243. The third kappa shape index (κ3) is 4.90. The van der Waals surface area contributed by atoms with Crippen LogP contribution in [0.1, 0.15) is 24.3 Å². The summed E-state index contributed by atoms with van der Waals surface area (Å²) in [6.07, 6.45) is -0.986. The zero-order chi connectivity index (χ0) is 26.9. The van der Waals surface area contributed by atoms with E-state index in [1.165, 1.54) is 18.8 Å². The summed E-state index contributed by atoms with van der Waals surface area (Å²) in [6.45, 7) is 3.60. The molecule has 0 bridgehead atoms. The van der Waals surface area contributed by atoms with Crippen LogP contribution in [0.25, 0.3) is 5.69 Å². The second kappa shape index (κ2) is 10.1. The molecule has 0 spiro atoms. The second-order valence-corrected chi connectivity index (χ2v) is 9.10. The topological polar surface area (TPSA) is 129 Å². The van der Waals surface area contributed by atoms with Gasteiger partial charge in [0.25, 0.3) is 5.91 Å². The molecule has 38 heavy (non-hydrogen) atoms. The number of benzene rings is 2. The number of rotatable bonds is 8. The maximum atomic E-state index is 13.6. The Morgan fingerprint density at radius 1 is 1.05 bits per heavy atom. The molecule has 1 N–H and O–H groups in total. The van der Waals surface area contributed by atoms with E-state index in [1.54, 1.807) is 56.3 Å². The van der Waals surface area contributed by atoms with Crippen LogP contribution in [-0.4, -0.2) is 67.4 Å². The first-order valence-electron chi connectivity index (χ1n) is 11.8. The Morgan fingerprint density at radius 3 is 2.55 bits per heavy atom. The van der Waals surface area contributed by atoms with Crippen molar-refractivity contribution in [2.45, 2.75) is 25.6 Å². The predicted molar refractivity (Wildman–Crippen MR) is 133 cm³/mol. The molecule has 12 heteroatoms. The fourth-order valence-electron chi connectivity index (χ4n) is 4.10. The van der Waals surface area contributed by atoms with Crippen molar-refractivity contribution >= 4 is 17.7 Å². The number of para-hydroxylation sites is 2. The van der Waals surface area contributed by atoms with Gasteiger partial charge in [-0.2, -0.15) is 4.98 Å². The zero-order valence-electron chi connectivity index (χ0n) is 21.3. The molecule has 2 aromatic carbocycles. The molecular weight excluding hydrogens is 498 g/mol. The molecule has 1 aromatic heterocycles. The van der Waals surface area contributed by atoms with Crippen molar-refractivity contribution in [1.29, 1.82) is 0 Å². The van der Waals surface area contributed by atoms with Gasteiger partial charge < -0.3 is 38.5 Å². The SMILES string of the molecule is COCC(C)(C)OC(=O)c1c(NC(=O)C2COc3ccccc3O2)nc(OC)n1-c1ccc2c(c1)OCO2. The van der Waals surface area contributed by atoms with Crippen molar-refractivity contribution in [3.8, 4) is 34.7 Å². The number of ether oxygens (including phenoxy) is 7. The lowest BCUT2D eigenvalue weighted by atomic mass is 10.1. The highest BCUT2D eigenvalue weighted by molar-refractivity contribution is 6.01. The lowest BCUT2D eigenvalue weighted by molar-refractivity contribution is -0.125. The molecule has 1 unspecified atom stereocenters. The minimum Gasteiger partial charge on any atom is -0.485 e. The molecular formula is C26H27N3O9. The Bertz CT molecular complexity index is 1370. The lowest BCUT2D eigenvalue weighted by Gasteiger charge is -2.26. The molecule has 0 saturated heterocycles. The average molecular weight is 526 g/mol. The van der Waals surface area contributed by atoms with E-state index >= 15 is 0 Å². The van der Waals surface area contributed by atoms with Crippen LogP contribution in [-0.2, 0) is 14.3 Å². The lowest BCUT2D eigenvalue weighted by Crippen LogP contribution is -2.40. The Hall–Kier alpha value is -4.45. The first-order chi connectivity index (χ1) is 18.3. The standard InChI is InChI=1S/C26H27N3O9/c1-26(2,13-32-3)38-24(31)21-22(27-23(30)20-12-34-16-7-5-6-8-18(16)37-20)28-25(33-4)29(21)15-9-10-17-19(11-15)36-14-35-17/h5-11,20H,12-14H2,1-4H3,(H,27,30). The van der Waals surface area contributed by atoms with Crippen LogP contribution in [0.4, 0.5) is 5.82 Å². The summed E-state index contributed by atoms with van der Waals surface area (Å²) in [5.41, 5.74) is -0.578. The van der Waals surface area contributed by atoms with Crippen molar-refractivity contribution in [2.24, 2.45) is 0 Å². The maximum absolute atomic E-state index is 13.6. The van der Waals surface area contributed by atoms with E-state index in [0.29, 0.717) is 28.7 Å². The largest absolute Gasteiger partial charge is 0.485 e. The number of carbonyl (C=O) groups excluding carboxylic acids is 2. The highest BCUT2D eigenvalue weighted by Gasteiger charge is 2.35. The summed E-state index contributed by atoms with van der Waals surface area (Å²) in [5, 5.41) is 2.68. The molecule has 2 aliphatic rings. The number of amides is 1. The monoisotopic (exact) mass is 525 g/mol. The van der Waals surface area contributed by atoms with E-state index in [0.717, 1.165) is 0 Å². The molecule has 1 amide bonds. The van der Waals surface area contributed by atoms with E-state index in [4.69, 9.17) is 33.2 Å². The van der Waals surface area contributed by atoms with Gasteiger partial charge in [0.05, 0.1) is 19.4 Å². The number of nitrogens with zero attached hydrogens (tertiary/aromatic N) is 2. The fraction of sp³-hybridized carbons (Fsp3) is 0.346. The predicted octanol–water partition coefficient (Wildman–Crippen LogP) is 2.97. The van der Waals surface area contributed by atoms with Crippen LogP contribution in [0.5, 0.6) is 29.0 Å². The van der Waals surface area contributed by atoms with Crippen LogP contribution >= 0.6 is 0 Å². The van der Waals surface area contributed by atoms with Gasteiger partial charge in [-0.3, -0.25) is 9.36 Å². The first kappa shape index (κ1) is 25.2. The number of nitrogens with one attached hydrogen (secondary N) is 1. The molecule has 3 aromatic rings. The van der Waals surface area contributed by atoms with Crippen molar-refractivity contribution in [2.75, 3.05) is 39.5 Å². The number of hydrogen-bond acceptors (Lipinski definition) is 10. The number of aromatic nitrogens is 2. The second-order valence-electron chi connectivity index (χ2n) is 9.10. The van der Waals surface area contributed by atoms with Crippen molar-refractivity contribution < 1.29 is 42.7 Å². The molecule has 0 aliphatic carbocycles. The van der Waals surface area contributed by atoms with E-state index in [9.17, 15) is 9.59 Å². The molecule has 0 fully saturated rings. The quantitative estimate of drug-likeness (QED) is 0.438. The smallest absolute Gasteiger partial charge is 0.359 e. The van der Waals surface area contributed by atoms with Gasteiger partial charge in [0.15, 0.2) is 34.5 Å². The van der Waals surface area contributed by atoms with Gasteiger partial charge in [-0.1, -0.05) is 12.1 Å². The average Bonchev–Trinajstić information content (AvgIpc) is 3.51. The van der Waals surface area contributed by atoms with Gasteiger partial charge in [-0.15, -0.1) is 0 Å². The van der Waals surface area contributed by atoms with E-state index < -0.39 is 23.6 Å². The third-order valence-electron chi connectivity index (χ3n) is 5.74. The van der Waals surface area contributed by atoms with Crippen LogP contribution in [0.3, 0.4) is 0 Å². The number of imidazole rings is 1. The third-order valence-corrected chi connectivity index (χ3v) is 5.74. The summed E-state index contributed by atoms with van der Waals surface area (Å²) in [5.74, 6) is 0.601. The summed E-state index contributed by atoms with van der Waals surface area (Å²) < 4.78 is 40.2. The van der Waals surface area contributed by atoms with Gasteiger partial charge in [0.2, 0.25) is 12.9 Å². The Morgan fingerprint density at radius 2 is 1.79 bits per heavy atom. The molecule has 0 saturated carbocycles. The van der Waals surface area contributed by atoms with Crippen LogP contribution in [0.15, 0.2) is 42.5 Å². The Kier molecular flexibility index (Phi) is 6.72. The molecule has 0 radical (unpaired) electrons. The number of methoxy groups -OCH3 is 2. The van der Waals surface area contributed by atoms with E-state index in [2.05, 4.69) is 10.3 Å². The minimum atomic E-state index is -0.986. The summed E-state index contributed by atoms with van der Waals surface area (Å²) >= 11 is 0. The molecule has 3 heterocycles. The van der Waals surface area contributed by atoms with Crippen molar-refractivity contribution in [1.82, 2.24) is 9.55 Å². The van der Waals surface area contributed by atoms with Crippen LogP contribution in [0.2, 0.25) is 0 Å². The number of hydrogen-bond donors (Lipinski definition) is 1. The van der Waals surface area contributed by atoms with Crippen LogP contribution in [0, 0.1) is 0 Å². The van der Waals surface area contributed by atoms with Crippen LogP contribution < -0.4 is 29.0 Å². The normalized spacial score (nSPS) is 15.6. The van der Waals surface area contributed by atoms with Gasteiger partial charge in [-0.25, -0.2) is 4.79 Å². The number of anilines is 1. The van der Waals surface area contributed by atoms with Gasteiger partial charge in [-0.05, 0) is 38.1 Å². The first-order valence-corrected chi connectivity index (χ1v) is 11.8. The maximum Gasteiger partial charge on any atom is 0.359 e. The number of esters is 1. The van der Waals surface area contributed by atoms with Gasteiger partial charge in [0, 0.05) is 13.2 Å². The molecule has 12 nitrogen and oxygen atoms in total. The summed E-state index contributed by atoms with van der Waals surface area (Å²) in [4.78, 5) is 31.2. The zero-order valence-corrected chi connectivity index (χ0v) is 21.3. The van der Waals surface area contributed by atoms with Gasteiger partial charge in [0.1, 0.15) is 12.2 Å². The highest BCUT2D eigenvalue weighted by atomic mass is 16.7. The fourth-order valence-corrected chi connectivity index (χ4v) is 4.10. The van der Waals surface area contributed by atoms with Gasteiger partial charge >= 0.3 is 12.0 Å². The van der Waals surface area contributed by atoms with E-state index in [-0.39, 0.29) is 37.5 Å². The van der Waals surface area contributed by atoms with Crippen molar-refractivity contribution in [3.05, 3.63) is 48.2 Å². The summed E-state index contributed by atoms with van der Waals surface area (Å²) in [6, 6.07) is 12.1. The number of fused-ring (bicyclic) bond motifs is 2. The van der Waals surface area contributed by atoms with Crippen molar-refractivity contribution in [3.63, 3.8) is 0 Å². The number of carbonyl (C=O) groups is 2. The molecule has 200 valence electrons. The summed E-state index contributed by atoms with van der Waals surface area (Å²) in [7, 11) is 2.90. The Balaban J connectivity index is 1.52.